The highest BCUT2D eigenvalue weighted by molar-refractivity contribution is 7.92. The van der Waals surface area contributed by atoms with Crippen LogP contribution in [0.15, 0.2) is 35.7 Å². The Labute approximate surface area is 311 Å². The average molecular weight is 750 g/mol. The molecule has 5 heterocycles. The predicted molar refractivity (Wildman–Crippen MR) is 202 cm³/mol. The molecule has 0 radical (unpaired) electrons. The third-order valence-corrected chi connectivity index (χ3v) is 12.2. The Morgan fingerprint density at radius 2 is 1.60 bits per heavy atom. The van der Waals surface area contributed by atoms with Crippen LogP contribution in [0.25, 0.3) is 10.9 Å². The first-order valence-electron chi connectivity index (χ1n) is 18.1. The van der Waals surface area contributed by atoms with Gasteiger partial charge in [0.05, 0.1) is 29.3 Å². The highest BCUT2D eigenvalue weighted by atomic mass is 32.2. The number of benzene rings is 1. The smallest absolute Gasteiger partial charge is 0.410 e. The van der Waals surface area contributed by atoms with Crippen molar-refractivity contribution in [2.24, 2.45) is 5.92 Å². The number of carbonyl (C=O) groups excluding carboxylic acids is 1. The monoisotopic (exact) mass is 749 g/mol. The van der Waals surface area contributed by atoms with Crippen LogP contribution in [0, 0.1) is 19.8 Å². The first-order chi connectivity index (χ1) is 25.0. The number of aryl methyl sites for hydroxylation is 1. The number of carbonyl (C=O) groups is 1. The number of H-pyrrole nitrogens is 1. The van der Waals surface area contributed by atoms with Gasteiger partial charge in [-0.05, 0) is 80.2 Å². The van der Waals surface area contributed by atoms with E-state index in [4.69, 9.17) is 14.2 Å². The van der Waals surface area contributed by atoms with Gasteiger partial charge >= 0.3 is 6.09 Å². The van der Waals surface area contributed by atoms with E-state index in [1.54, 1.807) is 50.2 Å². The Hall–Kier alpha value is -4.73. The lowest BCUT2D eigenvalue weighted by atomic mass is 9.98. The van der Waals surface area contributed by atoms with E-state index in [1.165, 1.54) is 6.33 Å². The van der Waals surface area contributed by atoms with Crippen LogP contribution in [0.3, 0.4) is 0 Å². The van der Waals surface area contributed by atoms with Crippen molar-refractivity contribution in [3.8, 4) is 11.5 Å². The van der Waals surface area contributed by atoms with Gasteiger partial charge in [0.2, 0.25) is 5.95 Å². The van der Waals surface area contributed by atoms with Gasteiger partial charge in [0.15, 0.2) is 21.4 Å². The summed E-state index contributed by atoms with van der Waals surface area (Å²) < 4.78 is 44.7. The number of hydrogen-bond acceptors (Lipinski definition) is 13. The zero-order valence-corrected chi connectivity index (χ0v) is 32.7. The number of likely N-dealkylation sites (tertiary alicyclic amines) is 1. The first-order valence-corrected chi connectivity index (χ1v) is 19.6. The van der Waals surface area contributed by atoms with Gasteiger partial charge in [-0.25, -0.2) is 33.1 Å². The van der Waals surface area contributed by atoms with Crippen LogP contribution in [-0.2, 0) is 14.6 Å². The van der Waals surface area contributed by atoms with E-state index in [9.17, 15) is 13.2 Å². The predicted octanol–water partition coefficient (Wildman–Crippen LogP) is 6.15. The lowest BCUT2D eigenvalue weighted by Crippen LogP contribution is -2.44. The summed E-state index contributed by atoms with van der Waals surface area (Å²) in [6.45, 7) is 17.5. The van der Waals surface area contributed by atoms with Crippen molar-refractivity contribution < 1.29 is 27.4 Å². The first kappa shape index (κ1) is 38.0. The van der Waals surface area contributed by atoms with Crippen LogP contribution in [-0.4, -0.2) is 98.8 Å². The molecule has 0 saturated carbocycles. The summed E-state index contributed by atoms with van der Waals surface area (Å²) in [6.07, 6.45) is 7.59. The number of aromatic amines is 1. The van der Waals surface area contributed by atoms with Gasteiger partial charge < -0.3 is 29.3 Å². The fourth-order valence-electron chi connectivity index (χ4n) is 6.25. The number of amides is 1. The Kier molecular flexibility index (Phi) is 10.7. The van der Waals surface area contributed by atoms with Crippen molar-refractivity contribution in [1.82, 2.24) is 35.0 Å². The SMILES string of the molecule is Cc1[nH]nc(Nc2ncnc3cc(OCC4CCN(c5ncc(OC6CCN(C(=O)OC(C)(C)C)CC6)cn5)CC4)c(S(=O)(=O)C(C)(C)C)cc23)c1C. The average Bonchev–Trinajstić information content (AvgIpc) is 3.42. The van der Waals surface area contributed by atoms with E-state index >= 15 is 0 Å². The van der Waals surface area contributed by atoms with E-state index in [-0.39, 0.29) is 28.8 Å². The van der Waals surface area contributed by atoms with E-state index < -0.39 is 20.2 Å². The maximum Gasteiger partial charge on any atom is 0.410 e. The molecule has 0 unspecified atom stereocenters. The number of nitrogens with one attached hydrogen (secondary N) is 2. The zero-order valence-electron chi connectivity index (χ0n) is 31.9. The molecule has 1 aromatic carbocycles. The fraction of sp³-hybridized carbons (Fsp3) is 0.568. The number of aromatic nitrogens is 6. The van der Waals surface area contributed by atoms with Gasteiger partial charge in [-0.2, -0.15) is 5.10 Å². The lowest BCUT2D eigenvalue weighted by Gasteiger charge is -2.33. The quantitative estimate of drug-likeness (QED) is 0.199. The van der Waals surface area contributed by atoms with Gasteiger partial charge in [-0.15, -0.1) is 0 Å². The molecule has 2 fully saturated rings. The summed E-state index contributed by atoms with van der Waals surface area (Å²) in [5.74, 6) is 2.78. The number of ether oxygens (including phenoxy) is 3. The van der Waals surface area contributed by atoms with Crippen LogP contribution >= 0.6 is 0 Å². The molecule has 286 valence electrons. The molecule has 0 bridgehead atoms. The van der Waals surface area contributed by atoms with Crippen molar-refractivity contribution in [3.63, 3.8) is 0 Å². The highest BCUT2D eigenvalue weighted by Crippen LogP contribution is 2.38. The van der Waals surface area contributed by atoms with Gasteiger partial charge in [-0.1, -0.05) is 0 Å². The molecule has 2 N–H and O–H groups in total. The van der Waals surface area contributed by atoms with Gasteiger partial charge in [0.1, 0.15) is 34.5 Å². The third kappa shape index (κ3) is 8.74. The van der Waals surface area contributed by atoms with Crippen LogP contribution in [0.4, 0.5) is 22.4 Å². The minimum absolute atomic E-state index is 0.0259. The summed E-state index contributed by atoms with van der Waals surface area (Å²) in [5.41, 5.74) is 1.89. The molecule has 2 saturated heterocycles. The topological polar surface area (TPSA) is 178 Å². The van der Waals surface area contributed by atoms with Crippen LogP contribution in [0.5, 0.6) is 11.5 Å². The second-order valence-electron chi connectivity index (χ2n) is 15.8. The maximum atomic E-state index is 13.9. The molecule has 16 heteroatoms. The normalized spacial score (nSPS) is 16.5. The molecule has 2 aliphatic heterocycles. The Balaban J connectivity index is 1.07. The minimum atomic E-state index is -3.80. The molecule has 15 nitrogen and oxygen atoms in total. The molecule has 0 spiro atoms. The van der Waals surface area contributed by atoms with Crippen LogP contribution in [0.1, 0.15) is 78.5 Å². The Morgan fingerprint density at radius 3 is 2.21 bits per heavy atom. The van der Waals surface area contributed by atoms with E-state index in [0.29, 0.717) is 66.8 Å². The lowest BCUT2D eigenvalue weighted by molar-refractivity contribution is 0.0126. The molecule has 2 aliphatic rings. The molecule has 53 heavy (non-hydrogen) atoms. The number of sulfone groups is 1. The number of fused-ring (bicyclic) bond motifs is 1. The molecule has 6 rings (SSSR count). The molecule has 1 amide bonds. The number of hydrogen-bond donors (Lipinski definition) is 2. The van der Waals surface area contributed by atoms with E-state index in [0.717, 1.165) is 37.2 Å². The standard InChI is InChI=1S/C37H51N9O6S/c1-23-24(2)43-44-32(23)42-33-28-17-31(53(48,49)37(6,7)8)30(18-29(28)40-22-41-33)50-21-25-9-13-45(14-10-25)34-38-19-27(20-39-34)51-26-11-15-46(16-12-26)35(47)52-36(3,4)5/h17-20,22,25-26H,9-16,21H2,1-8H3,(H2,40,41,42,43,44). The molecule has 0 aliphatic carbocycles. The number of nitrogens with zero attached hydrogens (tertiary/aromatic N) is 7. The Morgan fingerprint density at radius 1 is 0.925 bits per heavy atom. The molecular formula is C37H51N9O6S. The molecular weight excluding hydrogens is 699 g/mol. The van der Waals surface area contributed by atoms with Crippen molar-refractivity contribution in [3.05, 3.63) is 42.1 Å². The molecule has 3 aromatic heterocycles. The second kappa shape index (κ2) is 15.0. The van der Waals surface area contributed by atoms with Crippen molar-refractivity contribution >= 4 is 44.4 Å². The van der Waals surface area contributed by atoms with E-state index in [1.807, 2.05) is 34.6 Å². The van der Waals surface area contributed by atoms with Crippen LogP contribution in [0.2, 0.25) is 0 Å². The summed E-state index contributed by atoms with van der Waals surface area (Å²) in [4.78, 5) is 34.4. The minimum Gasteiger partial charge on any atom is -0.492 e. The molecule has 0 atom stereocenters. The van der Waals surface area contributed by atoms with Gasteiger partial charge in [-0.3, -0.25) is 5.10 Å². The maximum absolute atomic E-state index is 13.9. The third-order valence-electron chi connectivity index (χ3n) is 9.67. The fourth-order valence-corrected chi connectivity index (χ4v) is 7.57. The molecule has 4 aromatic rings. The highest BCUT2D eigenvalue weighted by Gasteiger charge is 2.35. The van der Waals surface area contributed by atoms with E-state index in [2.05, 4.69) is 40.3 Å². The van der Waals surface area contributed by atoms with Crippen LogP contribution < -0.4 is 19.7 Å². The summed E-state index contributed by atoms with van der Waals surface area (Å²) in [5, 5.41) is 11.1. The van der Waals surface area contributed by atoms with Crippen molar-refractivity contribution in [2.45, 2.75) is 102 Å². The number of piperidine rings is 2. The number of rotatable bonds is 9. The largest absolute Gasteiger partial charge is 0.492 e. The summed E-state index contributed by atoms with van der Waals surface area (Å²) in [7, 11) is -3.80. The second-order valence-corrected chi connectivity index (χ2v) is 18.5. The van der Waals surface area contributed by atoms with Crippen molar-refractivity contribution in [1.29, 1.82) is 0 Å². The zero-order chi connectivity index (χ0) is 38.1. The van der Waals surface area contributed by atoms with Gasteiger partial charge in [0, 0.05) is 61.7 Å². The summed E-state index contributed by atoms with van der Waals surface area (Å²) in [6, 6.07) is 3.31. The number of anilines is 3. The van der Waals surface area contributed by atoms with Crippen molar-refractivity contribution in [2.75, 3.05) is 43.0 Å². The summed E-state index contributed by atoms with van der Waals surface area (Å²) >= 11 is 0. The van der Waals surface area contributed by atoms with Gasteiger partial charge in [0.25, 0.3) is 0 Å². The Bertz CT molecular complexity index is 2020.